The van der Waals surface area contributed by atoms with Crippen LogP contribution in [-0.2, 0) is 23.7 Å². The minimum absolute atomic E-state index is 0.240. The number of carbonyl (C=O) groups excluding carboxylic acids is 1. The van der Waals surface area contributed by atoms with Gasteiger partial charge < -0.3 is 65.1 Å². The molecule has 9 N–H and O–H groups in total. The van der Waals surface area contributed by atoms with Crippen LogP contribution >= 0.6 is 0 Å². The zero-order valence-electron chi connectivity index (χ0n) is 37.2. The number of nitrogens with one attached hydrogen (secondary N) is 1. The summed E-state index contributed by atoms with van der Waals surface area (Å²) in [7, 11) is 0. The van der Waals surface area contributed by atoms with Crippen LogP contribution in [0.3, 0.4) is 0 Å². The van der Waals surface area contributed by atoms with Gasteiger partial charge in [-0.25, -0.2) is 0 Å². The van der Waals surface area contributed by atoms with Crippen molar-refractivity contribution in [2.75, 3.05) is 19.8 Å². The number of unbranched alkanes of at least 4 members (excludes halogenated alkanes) is 23. The predicted molar refractivity (Wildman–Crippen MR) is 231 cm³/mol. The highest BCUT2D eigenvalue weighted by atomic mass is 16.7. The first-order valence-electron chi connectivity index (χ1n) is 23.9. The lowest BCUT2D eigenvalue weighted by molar-refractivity contribution is -0.359. The summed E-state index contributed by atoms with van der Waals surface area (Å²) in [5.74, 6) is -0.240. The smallest absolute Gasteiger partial charge is 0.220 e. The summed E-state index contributed by atoms with van der Waals surface area (Å²) < 4.78 is 22.6. The fraction of sp³-hybridized carbons (Fsp3) is 0.935. The van der Waals surface area contributed by atoms with Gasteiger partial charge in [-0.3, -0.25) is 4.79 Å². The van der Waals surface area contributed by atoms with Crippen molar-refractivity contribution >= 4 is 5.91 Å². The molecule has 60 heavy (non-hydrogen) atoms. The third-order valence-electron chi connectivity index (χ3n) is 12.0. The van der Waals surface area contributed by atoms with E-state index in [1.54, 1.807) is 6.08 Å². The average molecular weight is 862 g/mol. The molecule has 2 rings (SSSR count). The van der Waals surface area contributed by atoms with Crippen LogP contribution in [0.4, 0.5) is 0 Å². The van der Waals surface area contributed by atoms with Crippen molar-refractivity contribution in [2.45, 2.75) is 254 Å². The van der Waals surface area contributed by atoms with Crippen LogP contribution in [0.2, 0.25) is 0 Å². The molecular formula is C46H87NO13. The number of rotatable bonds is 36. The molecule has 2 aliphatic rings. The van der Waals surface area contributed by atoms with E-state index in [1.807, 2.05) is 6.08 Å². The van der Waals surface area contributed by atoms with E-state index in [9.17, 15) is 45.6 Å². The predicted octanol–water partition coefficient (Wildman–Crippen LogP) is 5.21. The minimum Gasteiger partial charge on any atom is -0.394 e. The van der Waals surface area contributed by atoms with E-state index in [4.69, 9.17) is 18.9 Å². The molecule has 0 spiro atoms. The quantitative estimate of drug-likeness (QED) is 0.0292. The molecule has 0 aliphatic carbocycles. The van der Waals surface area contributed by atoms with Gasteiger partial charge in [0.1, 0.15) is 48.8 Å². The molecule has 0 aromatic carbocycles. The molecule has 0 radical (unpaired) electrons. The Morgan fingerprint density at radius 3 is 1.53 bits per heavy atom. The van der Waals surface area contributed by atoms with Gasteiger partial charge in [0.25, 0.3) is 0 Å². The van der Waals surface area contributed by atoms with Crippen LogP contribution in [0, 0.1) is 0 Å². The minimum atomic E-state index is -1.78. The molecule has 1 amide bonds. The molecule has 14 heteroatoms. The maximum atomic E-state index is 13.1. The van der Waals surface area contributed by atoms with E-state index >= 15 is 0 Å². The summed E-state index contributed by atoms with van der Waals surface area (Å²) in [5.41, 5.74) is 0. The van der Waals surface area contributed by atoms with Gasteiger partial charge in [0.05, 0.1) is 32.0 Å². The molecule has 0 aromatic rings. The van der Waals surface area contributed by atoms with E-state index in [0.717, 1.165) is 38.5 Å². The molecule has 354 valence electrons. The normalized spacial score (nSPS) is 28.3. The first-order chi connectivity index (χ1) is 29.1. The van der Waals surface area contributed by atoms with Crippen molar-refractivity contribution < 1.29 is 64.6 Å². The summed E-state index contributed by atoms with van der Waals surface area (Å²) in [6.45, 7) is 2.77. The van der Waals surface area contributed by atoms with Crippen LogP contribution in [0.25, 0.3) is 0 Å². The Kier molecular flexibility index (Phi) is 31.3. The number of carbonyl (C=O) groups is 1. The van der Waals surface area contributed by atoms with E-state index in [-0.39, 0.29) is 18.9 Å². The monoisotopic (exact) mass is 862 g/mol. The Morgan fingerprint density at radius 2 is 1.03 bits per heavy atom. The van der Waals surface area contributed by atoms with Gasteiger partial charge in [-0.05, 0) is 19.3 Å². The van der Waals surface area contributed by atoms with Gasteiger partial charge in [-0.2, -0.15) is 0 Å². The van der Waals surface area contributed by atoms with Crippen molar-refractivity contribution in [2.24, 2.45) is 0 Å². The average Bonchev–Trinajstić information content (AvgIpc) is 3.24. The van der Waals surface area contributed by atoms with Crippen LogP contribution in [0.1, 0.15) is 181 Å². The second-order valence-corrected chi connectivity index (χ2v) is 17.2. The maximum absolute atomic E-state index is 13.1. The van der Waals surface area contributed by atoms with Crippen LogP contribution in [0.15, 0.2) is 12.2 Å². The number of ether oxygens (including phenoxy) is 4. The SMILES string of the molecule is CCCCCCCCCCCCC/C=C/[C@@H](O)[C@@H](CO[C@@H]1O[C@H](CO)[C@@H](O[C@@H]2O[C@H](CO)[C@H](O)[C@H](O)[C@H]2O)[C@H](O)[C@H]1O)NC(=O)CCCCCCCCCCCCCCC. The number of hydrogen-bond donors (Lipinski definition) is 9. The molecule has 12 atom stereocenters. The Bertz CT molecular complexity index is 1070. The highest BCUT2D eigenvalue weighted by molar-refractivity contribution is 5.76. The highest BCUT2D eigenvalue weighted by Crippen LogP contribution is 2.30. The van der Waals surface area contributed by atoms with Crippen LogP contribution < -0.4 is 5.32 Å². The van der Waals surface area contributed by atoms with E-state index in [2.05, 4.69) is 19.2 Å². The van der Waals surface area contributed by atoms with Gasteiger partial charge in [0.15, 0.2) is 12.6 Å². The zero-order valence-corrected chi connectivity index (χ0v) is 37.2. The molecule has 0 aromatic heterocycles. The summed E-state index contributed by atoms with van der Waals surface area (Å²) in [6, 6.07) is -0.906. The molecule has 2 fully saturated rings. The lowest BCUT2D eigenvalue weighted by Crippen LogP contribution is -2.65. The van der Waals surface area contributed by atoms with Gasteiger partial charge in [-0.1, -0.05) is 167 Å². The van der Waals surface area contributed by atoms with Crippen LogP contribution in [0.5, 0.6) is 0 Å². The van der Waals surface area contributed by atoms with E-state index < -0.39 is 86.8 Å². The maximum Gasteiger partial charge on any atom is 0.220 e. The van der Waals surface area contributed by atoms with Gasteiger partial charge in [0.2, 0.25) is 5.91 Å². The van der Waals surface area contributed by atoms with Gasteiger partial charge in [0, 0.05) is 6.42 Å². The molecule has 14 nitrogen and oxygen atoms in total. The summed E-state index contributed by atoms with van der Waals surface area (Å²) in [5, 5.41) is 86.5. The Hall–Kier alpha value is -1.27. The number of aliphatic hydroxyl groups excluding tert-OH is 8. The van der Waals surface area contributed by atoms with Crippen molar-refractivity contribution in [1.29, 1.82) is 0 Å². The number of allylic oxidation sites excluding steroid dienone is 1. The van der Waals surface area contributed by atoms with Crippen molar-refractivity contribution in [1.82, 2.24) is 5.32 Å². The summed E-state index contributed by atoms with van der Waals surface area (Å²) >= 11 is 0. The third kappa shape index (κ3) is 21.9. The fourth-order valence-electron chi connectivity index (χ4n) is 8.00. The molecule has 0 saturated carbocycles. The standard InChI is InChI=1S/C46H87NO13/c1-3-5-7-9-11-13-15-17-19-21-23-25-27-29-35(50)34(47-38(51)30-28-26-24-22-20-18-16-14-12-10-8-6-4-2)33-57-45-43(56)41(54)44(37(32-49)59-45)60-46-42(55)40(53)39(52)36(31-48)58-46/h27,29,34-37,39-46,48-50,52-56H,3-26,28,30-33H2,1-2H3,(H,47,51)/b29-27+/t34-,35-,36-,37-,39+,40+,41-,42-,43-,44-,45-,46+/m1/s1. The largest absolute Gasteiger partial charge is 0.394 e. The summed E-state index contributed by atoms with van der Waals surface area (Å²) in [4.78, 5) is 13.1. The Morgan fingerprint density at radius 1 is 0.583 bits per heavy atom. The molecular weight excluding hydrogens is 774 g/mol. The Labute approximate surface area is 361 Å². The first-order valence-corrected chi connectivity index (χ1v) is 23.9. The highest BCUT2D eigenvalue weighted by Gasteiger charge is 2.51. The second-order valence-electron chi connectivity index (χ2n) is 17.2. The number of hydrogen-bond acceptors (Lipinski definition) is 13. The molecule has 2 saturated heterocycles. The second kappa shape index (κ2) is 34.2. The van der Waals surface area contributed by atoms with E-state index in [0.29, 0.717) is 6.42 Å². The number of aliphatic hydroxyl groups is 8. The molecule has 2 aliphatic heterocycles. The van der Waals surface area contributed by atoms with Gasteiger partial charge in [-0.15, -0.1) is 0 Å². The lowest BCUT2D eigenvalue weighted by Gasteiger charge is -2.46. The first kappa shape index (κ1) is 54.9. The molecule has 2 heterocycles. The van der Waals surface area contributed by atoms with Crippen LogP contribution in [-0.4, -0.2) is 140 Å². The topological polar surface area (TPSA) is 228 Å². The van der Waals surface area contributed by atoms with Crippen molar-refractivity contribution in [3.05, 3.63) is 12.2 Å². The lowest BCUT2D eigenvalue weighted by atomic mass is 9.97. The Balaban J connectivity index is 1.89. The molecule has 0 unspecified atom stereocenters. The zero-order chi connectivity index (χ0) is 44.0. The third-order valence-corrected chi connectivity index (χ3v) is 12.0. The molecule has 0 bridgehead atoms. The van der Waals surface area contributed by atoms with Gasteiger partial charge >= 0.3 is 0 Å². The number of amides is 1. The van der Waals surface area contributed by atoms with Crippen molar-refractivity contribution in [3.8, 4) is 0 Å². The summed E-state index contributed by atoms with van der Waals surface area (Å²) in [6.07, 6.45) is 16.8. The van der Waals surface area contributed by atoms with Crippen molar-refractivity contribution in [3.63, 3.8) is 0 Å². The fourth-order valence-corrected chi connectivity index (χ4v) is 8.00. The van der Waals surface area contributed by atoms with E-state index in [1.165, 1.54) is 116 Å².